The van der Waals surface area contributed by atoms with E-state index in [9.17, 15) is 4.79 Å². The highest BCUT2D eigenvalue weighted by Gasteiger charge is 2.16. The summed E-state index contributed by atoms with van der Waals surface area (Å²) in [4.78, 5) is 13.6. The molecule has 104 valence electrons. The molecule has 1 aliphatic rings. The van der Waals surface area contributed by atoms with Crippen LogP contribution in [0.5, 0.6) is 0 Å². The van der Waals surface area contributed by atoms with Crippen molar-refractivity contribution in [3.63, 3.8) is 0 Å². The zero-order valence-corrected chi connectivity index (χ0v) is 11.9. The number of nitrogens with one attached hydrogen (secondary N) is 1. The average molecular weight is 262 g/mol. The number of aryl methyl sites for hydroxylation is 1. The highest BCUT2D eigenvalue weighted by atomic mass is 16.5. The summed E-state index contributed by atoms with van der Waals surface area (Å²) in [5.41, 5.74) is 2.90. The van der Waals surface area contributed by atoms with Gasteiger partial charge in [0.15, 0.2) is 0 Å². The Morgan fingerprint density at radius 3 is 2.84 bits per heavy atom. The smallest absolute Gasteiger partial charge is 0.253 e. The van der Waals surface area contributed by atoms with E-state index in [0.717, 1.165) is 42.9 Å². The quantitative estimate of drug-likeness (QED) is 0.908. The van der Waals surface area contributed by atoms with Crippen LogP contribution < -0.4 is 5.32 Å². The Balaban J connectivity index is 2.14. The van der Waals surface area contributed by atoms with E-state index < -0.39 is 0 Å². The minimum absolute atomic E-state index is 0.0305. The largest absolute Gasteiger partial charge is 0.380 e. The molecule has 1 N–H and O–H groups in total. The lowest BCUT2D eigenvalue weighted by molar-refractivity contribution is 0.0827. The lowest BCUT2D eigenvalue weighted by atomic mass is 10.1. The minimum atomic E-state index is 0.0305. The number of amides is 1. The molecule has 4 heteroatoms. The Morgan fingerprint density at radius 2 is 2.21 bits per heavy atom. The van der Waals surface area contributed by atoms with Crippen LogP contribution in [0.25, 0.3) is 0 Å². The number of ether oxygens (including phenoxy) is 1. The van der Waals surface area contributed by atoms with Crippen molar-refractivity contribution in [2.75, 3.05) is 32.6 Å². The van der Waals surface area contributed by atoms with Gasteiger partial charge in [-0.05, 0) is 37.5 Å². The number of rotatable bonds is 3. The number of hydrogen-bond donors (Lipinski definition) is 1. The van der Waals surface area contributed by atoms with Crippen molar-refractivity contribution in [3.8, 4) is 0 Å². The fourth-order valence-electron chi connectivity index (χ4n) is 2.24. The zero-order chi connectivity index (χ0) is 13.8. The second kappa shape index (κ2) is 6.06. The van der Waals surface area contributed by atoms with Gasteiger partial charge in [-0.25, -0.2) is 0 Å². The molecule has 1 unspecified atom stereocenters. The van der Waals surface area contributed by atoms with Gasteiger partial charge in [0.1, 0.15) is 0 Å². The molecule has 1 aromatic rings. The molecule has 0 spiro atoms. The van der Waals surface area contributed by atoms with Crippen molar-refractivity contribution in [3.05, 3.63) is 29.3 Å². The van der Waals surface area contributed by atoms with Crippen LogP contribution in [0.4, 0.5) is 5.69 Å². The van der Waals surface area contributed by atoms with E-state index in [-0.39, 0.29) is 5.91 Å². The van der Waals surface area contributed by atoms with Crippen LogP contribution in [-0.2, 0) is 4.74 Å². The molecule has 0 aromatic heterocycles. The summed E-state index contributed by atoms with van der Waals surface area (Å²) in [7, 11) is 3.54. The molecule has 19 heavy (non-hydrogen) atoms. The molecule has 1 amide bonds. The van der Waals surface area contributed by atoms with Crippen LogP contribution in [0.1, 0.15) is 28.8 Å². The highest BCUT2D eigenvalue weighted by molar-refractivity contribution is 5.95. The summed E-state index contributed by atoms with van der Waals surface area (Å²) in [6.07, 6.45) is 2.21. The summed E-state index contributed by atoms with van der Waals surface area (Å²) >= 11 is 0. The highest BCUT2D eigenvalue weighted by Crippen LogP contribution is 2.21. The van der Waals surface area contributed by atoms with Gasteiger partial charge in [0, 0.05) is 38.0 Å². The van der Waals surface area contributed by atoms with Crippen molar-refractivity contribution in [1.82, 2.24) is 4.90 Å². The third-order valence-electron chi connectivity index (χ3n) is 3.41. The molecule has 1 atom stereocenters. The summed E-state index contributed by atoms with van der Waals surface area (Å²) < 4.78 is 5.47. The zero-order valence-electron chi connectivity index (χ0n) is 11.9. The van der Waals surface area contributed by atoms with Gasteiger partial charge in [0.25, 0.3) is 5.91 Å². The maximum Gasteiger partial charge on any atom is 0.253 e. The van der Waals surface area contributed by atoms with Gasteiger partial charge in [-0.15, -0.1) is 0 Å². The van der Waals surface area contributed by atoms with Gasteiger partial charge in [-0.3, -0.25) is 4.79 Å². The molecule has 1 aliphatic heterocycles. The molecule has 0 saturated carbocycles. The average Bonchev–Trinajstić information content (AvgIpc) is 2.41. The van der Waals surface area contributed by atoms with E-state index in [1.54, 1.807) is 19.0 Å². The number of anilines is 1. The lowest BCUT2D eigenvalue weighted by Crippen LogP contribution is -2.30. The van der Waals surface area contributed by atoms with E-state index >= 15 is 0 Å². The topological polar surface area (TPSA) is 41.6 Å². The second-order valence-electron chi connectivity index (χ2n) is 5.29. The van der Waals surface area contributed by atoms with Gasteiger partial charge < -0.3 is 15.0 Å². The summed E-state index contributed by atoms with van der Waals surface area (Å²) in [6, 6.07) is 6.15. The Bertz CT molecular complexity index is 451. The molecule has 4 nitrogen and oxygen atoms in total. The van der Waals surface area contributed by atoms with Gasteiger partial charge in [-0.2, -0.15) is 0 Å². The van der Waals surface area contributed by atoms with Crippen molar-refractivity contribution in [1.29, 1.82) is 0 Å². The first-order chi connectivity index (χ1) is 9.08. The van der Waals surface area contributed by atoms with Crippen molar-refractivity contribution >= 4 is 11.6 Å². The molecule has 0 radical (unpaired) electrons. The van der Waals surface area contributed by atoms with Crippen molar-refractivity contribution < 1.29 is 9.53 Å². The van der Waals surface area contributed by atoms with Crippen LogP contribution in [-0.4, -0.2) is 44.2 Å². The van der Waals surface area contributed by atoms with Gasteiger partial charge >= 0.3 is 0 Å². The number of nitrogens with zero attached hydrogens (tertiary/aromatic N) is 1. The third kappa shape index (κ3) is 3.47. The fraction of sp³-hybridized carbons (Fsp3) is 0.533. The molecule has 0 aliphatic carbocycles. The molecule has 1 fully saturated rings. The van der Waals surface area contributed by atoms with E-state index in [2.05, 4.69) is 12.2 Å². The standard InChI is InChI=1S/C15H22N2O2/c1-11-6-7-12(15(18)17(2)3)9-14(11)16-13-5-4-8-19-10-13/h6-7,9,13,16H,4-5,8,10H2,1-3H3. The Kier molecular flexibility index (Phi) is 4.43. The molecule has 1 aromatic carbocycles. The van der Waals surface area contributed by atoms with Crippen LogP contribution in [0.2, 0.25) is 0 Å². The number of hydrogen-bond acceptors (Lipinski definition) is 3. The Hall–Kier alpha value is -1.55. The van der Waals surface area contributed by atoms with Crippen molar-refractivity contribution in [2.24, 2.45) is 0 Å². The Labute approximate surface area is 114 Å². The molecule has 1 heterocycles. The van der Waals surface area contributed by atoms with E-state index in [4.69, 9.17) is 4.74 Å². The monoisotopic (exact) mass is 262 g/mol. The van der Waals surface area contributed by atoms with E-state index in [0.29, 0.717) is 6.04 Å². The molecular weight excluding hydrogens is 240 g/mol. The van der Waals surface area contributed by atoms with E-state index in [1.165, 1.54) is 0 Å². The number of carbonyl (C=O) groups is 1. The summed E-state index contributed by atoms with van der Waals surface area (Å²) in [5, 5.41) is 3.49. The first-order valence-electron chi connectivity index (χ1n) is 6.74. The molecule has 2 rings (SSSR count). The predicted molar refractivity (Wildman–Crippen MR) is 76.7 cm³/mol. The predicted octanol–water partition coefficient (Wildman–Crippen LogP) is 2.29. The first kappa shape index (κ1) is 13.9. The summed E-state index contributed by atoms with van der Waals surface area (Å²) in [6.45, 7) is 3.65. The van der Waals surface area contributed by atoms with Gasteiger partial charge in [0.2, 0.25) is 0 Å². The van der Waals surface area contributed by atoms with Crippen molar-refractivity contribution in [2.45, 2.75) is 25.8 Å². The minimum Gasteiger partial charge on any atom is -0.380 e. The lowest BCUT2D eigenvalue weighted by Gasteiger charge is -2.25. The van der Waals surface area contributed by atoms with Crippen LogP contribution >= 0.6 is 0 Å². The van der Waals surface area contributed by atoms with E-state index in [1.807, 2.05) is 18.2 Å². The fourth-order valence-corrected chi connectivity index (χ4v) is 2.24. The van der Waals surface area contributed by atoms with Crippen LogP contribution in [0.15, 0.2) is 18.2 Å². The summed E-state index contributed by atoms with van der Waals surface area (Å²) in [5.74, 6) is 0.0305. The maximum absolute atomic E-state index is 12.0. The SMILES string of the molecule is Cc1ccc(C(=O)N(C)C)cc1NC1CCCOC1. The number of carbonyl (C=O) groups excluding carboxylic acids is 1. The third-order valence-corrected chi connectivity index (χ3v) is 3.41. The van der Waals surface area contributed by atoms with Gasteiger partial charge in [-0.1, -0.05) is 6.07 Å². The van der Waals surface area contributed by atoms with Crippen LogP contribution in [0, 0.1) is 6.92 Å². The maximum atomic E-state index is 12.0. The van der Waals surface area contributed by atoms with Gasteiger partial charge in [0.05, 0.1) is 6.61 Å². The molecule has 0 bridgehead atoms. The number of benzene rings is 1. The Morgan fingerprint density at radius 1 is 1.42 bits per heavy atom. The first-order valence-corrected chi connectivity index (χ1v) is 6.74. The normalized spacial score (nSPS) is 19.0. The second-order valence-corrected chi connectivity index (χ2v) is 5.29. The molecule has 1 saturated heterocycles. The molecular formula is C15H22N2O2. The van der Waals surface area contributed by atoms with Crippen LogP contribution in [0.3, 0.4) is 0 Å².